The number of ether oxygens (including phenoxy) is 1. The largest absolute Gasteiger partial charge is 0.490 e. The second kappa shape index (κ2) is 6.11. The van der Waals surface area contributed by atoms with E-state index in [4.69, 9.17) is 4.74 Å². The zero-order chi connectivity index (χ0) is 14.6. The summed E-state index contributed by atoms with van der Waals surface area (Å²) in [6, 6.07) is 4.93. The number of methoxy groups -OCH3 is 1. The molecular formula is C15H22N2O3. The Labute approximate surface area is 119 Å². The molecule has 1 aliphatic rings. The first-order valence-corrected chi connectivity index (χ1v) is 7.10. The second-order valence-corrected chi connectivity index (χ2v) is 5.87. The van der Waals surface area contributed by atoms with Gasteiger partial charge >= 0.3 is 5.69 Å². The van der Waals surface area contributed by atoms with Crippen LogP contribution in [0.25, 0.3) is 0 Å². The van der Waals surface area contributed by atoms with Crippen molar-refractivity contribution >= 4 is 11.4 Å². The Morgan fingerprint density at radius 1 is 1.35 bits per heavy atom. The molecule has 1 aromatic rings. The van der Waals surface area contributed by atoms with Crippen LogP contribution in [0.2, 0.25) is 0 Å². The van der Waals surface area contributed by atoms with Crippen LogP contribution < -0.4 is 10.1 Å². The normalized spacial score (nSPS) is 17.5. The minimum Gasteiger partial charge on any atom is -0.490 e. The van der Waals surface area contributed by atoms with Crippen molar-refractivity contribution in [1.82, 2.24) is 0 Å². The first-order chi connectivity index (χ1) is 9.54. The van der Waals surface area contributed by atoms with E-state index in [1.165, 1.54) is 45.3 Å². The highest BCUT2D eigenvalue weighted by atomic mass is 16.6. The SMILES string of the molecule is COc1cc(NCC2(C)CCCCC2)ccc1[N+](=O)[O-]. The van der Waals surface area contributed by atoms with E-state index in [1.54, 1.807) is 12.1 Å². The fourth-order valence-electron chi connectivity index (χ4n) is 2.84. The van der Waals surface area contributed by atoms with Gasteiger partial charge in [-0.2, -0.15) is 0 Å². The topological polar surface area (TPSA) is 64.4 Å². The maximum Gasteiger partial charge on any atom is 0.311 e. The summed E-state index contributed by atoms with van der Waals surface area (Å²) in [6.07, 6.45) is 6.40. The molecule has 1 aromatic carbocycles. The second-order valence-electron chi connectivity index (χ2n) is 5.87. The number of hydrogen-bond donors (Lipinski definition) is 1. The van der Waals surface area contributed by atoms with Crippen LogP contribution >= 0.6 is 0 Å². The van der Waals surface area contributed by atoms with Gasteiger partial charge in [-0.1, -0.05) is 26.2 Å². The molecule has 1 N–H and O–H groups in total. The molecule has 0 unspecified atom stereocenters. The van der Waals surface area contributed by atoms with Crippen LogP contribution in [0.15, 0.2) is 18.2 Å². The molecule has 5 heteroatoms. The molecule has 0 atom stereocenters. The highest BCUT2D eigenvalue weighted by Crippen LogP contribution is 2.36. The maximum atomic E-state index is 10.9. The Balaban J connectivity index is 2.04. The van der Waals surface area contributed by atoms with Gasteiger partial charge in [0.25, 0.3) is 0 Å². The molecule has 1 aliphatic carbocycles. The van der Waals surface area contributed by atoms with Gasteiger partial charge in [0.05, 0.1) is 12.0 Å². The van der Waals surface area contributed by atoms with Crippen molar-refractivity contribution in [2.75, 3.05) is 19.0 Å². The first-order valence-electron chi connectivity index (χ1n) is 7.10. The molecule has 2 rings (SSSR count). The van der Waals surface area contributed by atoms with E-state index in [0.29, 0.717) is 11.2 Å². The third kappa shape index (κ3) is 3.40. The lowest BCUT2D eigenvalue weighted by Crippen LogP contribution is -2.28. The van der Waals surface area contributed by atoms with Crippen LogP contribution in [0.3, 0.4) is 0 Å². The highest BCUT2D eigenvalue weighted by molar-refractivity contribution is 5.58. The average Bonchev–Trinajstić information content (AvgIpc) is 2.45. The highest BCUT2D eigenvalue weighted by Gasteiger charge is 2.26. The number of anilines is 1. The molecule has 0 aliphatic heterocycles. The van der Waals surface area contributed by atoms with Crippen molar-refractivity contribution in [2.45, 2.75) is 39.0 Å². The molecule has 5 nitrogen and oxygen atoms in total. The van der Waals surface area contributed by atoms with Gasteiger partial charge in [-0.15, -0.1) is 0 Å². The predicted molar refractivity (Wildman–Crippen MR) is 79.3 cm³/mol. The standard InChI is InChI=1S/C15H22N2O3/c1-15(8-4-3-5-9-15)11-16-12-6-7-13(17(18)19)14(10-12)20-2/h6-7,10,16H,3-5,8-9,11H2,1-2H3. The predicted octanol–water partition coefficient (Wildman–Crippen LogP) is 3.99. The molecule has 0 aromatic heterocycles. The van der Waals surface area contributed by atoms with Gasteiger partial charge in [-0.25, -0.2) is 0 Å². The van der Waals surface area contributed by atoms with Gasteiger partial charge in [0.2, 0.25) is 0 Å². The van der Waals surface area contributed by atoms with E-state index >= 15 is 0 Å². The molecule has 0 saturated heterocycles. The summed E-state index contributed by atoms with van der Waals surface area (Å²) in [5, 5.41) is 14.2. The minimum absolute atomic E-state index is 0.00179. The Morgan fingerprint density at radius 2 is 2.05 bits per heavy atom. The van der Waals surface area contributed by atoms with Crippen LogP contribution in [-0.2, 0) is 0 Å². The van der Waals surface area contributed by atoms with Gasteiger partial charge in [-0.3, -0.25) is 10.1 Å². The maximum absolute atomic E-state index is 10.9. The minimum atomic E-state index is -0.426. The Bertz CT molecular complexity index is 482. The molecule has 0 radical (unpaired) electrons. The van der Waals surface area contributed by atoms with Gasteiger partial charge < -0.3 is 10.1 Å². The molecule has 20 heavy (non-hydrogen) atoms. The van der Waals surface area contributed by atoms with Crippen LogP contribution in [0, 0.1) is 15.5 Å². The molecule has 0 amide bonds. The third-order valence-corrected chi connectivity index (χ3v) is 4.16. The van der Waals surface area contributed by atoms with E-state index in [1.807, 2.05) is 0 Å². The Hall–Kier alpha value is -1.78. The van der Waals surface area contributed by atoms with E-state index in [0.717, 1.165) is 12.2 Å². The number of nitrogens with zero attached hydrogens (tertiary/aromatic N) is 1. The number of nitro groups is 1. The quantitative estimate of drug-likeness (QED) is 0.653. The zero-order valence-electron chi connectivity index (χ0n) is 12.1. The van der Waals surface area contributed by atoms with Gasteiger partial charge in [0, 0.05) is 24.4 Å². The Kier molecular flexibility index (Phi) is 4.47. The number of rotatable bonds is 5. The Morgan fingerprint density at radius 3 is 2.65 bits per heavy atom. The van der Waals surface area contributed by atoms with E-state index < -0.39 is 4.92 Å². The molecule has 1 fully saturated rings. The molecule has 0 bridgehead atoms. The smallest absolute Gasteiger partial charge is 0.311 e. The summed E-state index contributed by atoms with van der Waals surface area (Å²) >= 11 is 0. The number of benzene rings is 1. The van der Waals surface area contributed by atoms with Gasteiger partial charge in [-0.05, 0) is 24.3 Å². The fourth-order valence-corrected chi connectivity index (χ4v) is 2.84. The molecular weight excluding hydrogens is 256 g/mol. The number of nitro benzene ring substituents is 1. The van der Waals surface area contributed by atoms with E-state index in [9.17, 15) is 10.1 Å². The lowest BCUT2D eigenvalue weighted by molar-refractivity contribution is -0.385. The van der Waals surface area contributed by atoms with Crippen molar-refractivity contribution in [1.29, 1.82) is 0 Å². The molecule has 0 spiro atoms. The molecule has 1 saturated carbocycles. The summed E-state index contributed by atoms with van der Waals surface area (Å²) in [5.74, 6) is 0.300. The lowest BCUT2D eigenvalue weighted by atomic mass is 9.76. The first kappa shape index (κ1) is 14.6. The summed E-state index contributed by atoms with van der Waals surface area (Å²) < 4.78 is 5.08. The molecule has 110 valence electrons. The van der Waals surface area contributed by atoms with Crippen LogP contribution in [0.4, 0.5) is 11.4 Å². The zero-order valence-corrected chi connectivity index (χ0v) is 12.1. The average molecular weight is 278 g/mol. The monoisotopic (exact) mass is 278 g/mol. The van der Waals surface area contributed by atoms with Crippen molar-refractivity contribution < 1.29 is 9.66 Å². The van der Waals surface area contributed by atoms with E-state index in [2.05, 4.69) is 12.2 Å². The van der Waals surface area contributed by atoms with E-state index in [-0.39, 0.29) is 5.69 Å². The summed E-state index contributed by atoms with van der Waals surface area (Å²) in [7, 11) is 1.45. The van der Waals surface area contributed by atoms with Crippen molar-refractivity contribution in [3.8, 4) is 5.75 Å². The number of nitrogens with one attached hydrogen (secondary N) is 1. The van der Waals surface area contributed by atoms with Crippen molar-refractivity contribution in [2.24, 2.45) is 5.41 Å². The summed E-state index contributed by atoms with van der Waals surface area (Å²) in [4.78, 5) is 10.4. The van der Waals surface area contributed by atoms with Crippen molar-refractivity contribution in [3.05, 3.63) is 28.3 Å². The summed E-state index contributed by atoms with van der Waals surface area (Å²) in [6.45, 7) is 3.20. The lowest BCUT2D eigenvalue weighted by Gasteiger charge is -2.34. The third-order valence-electron chi connectivity index (χ3n) is 4.16. The fraction of sp³-hybridized carbons (Fsp3) is 0.600. The van der Waals surface area contributed by atoms with Crippen molar-refractivity contribution in [3.63, 3.8) is 0 Å². The van der Waals surface area contributed by atoms with Gasteiger partial charge in [0.1, 0.15) is 0 Å². The van der Waals surface area contributed by atoms with Crippen LogP contribution in [0.1, 0.15) is 39.0 Å². The van der Waals surface area contributed by atoms with Crippen LogP contribution in [0.5, 0.6) is 5.75 Å². The molecule has 0 heterocycles. The van der Waals surface area contributed by atoms with Crippen LogP contribution in [-0.4, -0.2) is 18.6 Å². The van der Waals surface area contributed by atoms with Gasteiger partial charge in [0.15, 0.2) is 5.75 Å². The number of hydrogen-bond acceptors (Lipinski definition) is 4. The summed E-state index contributed by atoms with van der Waals surface area (Å²) in [5.41, 5.74) is 1.20.